The fraction of sp³-hybridized carbons (Fsp3) is 0.353. The van der Waals surface area contributed by atoms with Crippen molar-refractivity contribution < 1.29 is 0 Å². The molecule has 1 heterocycles. The second-order valence-corrected chi connectivity index (χ2v) is 5.26. The van der Waals surface area contributed by atoms with Crippen molar-refractivity contribution in [3.8, 4) is 5.69 Å². The SMILES string of the molecule is C=CCN(N)c1nc(C)n(-c2c(CC)cccc2CC)c(=O)n1. The van der Waals surface area contributed by atoms with Gasteiger partial charge in [-0.1, -0.05) is 38.1 Å². The van der Waals surface area contributed by atoms with Crippen LogP contribution in [0.2, 0.25) is 0 Å². The van der Waals surface area contributed by atoms with Gasteiger partial charge >= 0.3 is 5.69 Å². The van der Waals surface area contributed by atoms with Gasteiger partial charge in [-0.2, -0.15) is 9.97 Å². The third kappa shape index (κ3) is 3.32. The normalized spacial score (nSPS) is 10.6. The van der Waals surface area contributed by atoms with Crippen molar-refractivity contribution in [2.75, 3.05) is 11.6 Å². The molecule has 1 aromatic carbocycles. The van der Waals surface area contributed by atoms with E-state index in [1.807, 2.05) is 18.2 Å². The third-order valence-electron chi connectivity index (χ3n) is 3.74. The molecule has 0 radical (unpaired) electrons. The zero-order valence-corrected chi connectivity index (χ0v) is 13.9. The summed E-state index contributed by atoms with van der Waals surface area (Å²) in [5.41, 5.74) is 2.71. The molecular weight excluding hydrogens is 290 g/mol. The number of hydrogen-bond acceptors (Lipinski definition) is 5. The summed E-state index contributed by atoms with van der Waals surface area (Å²) in [6.07, 6.45) is 3.29. The predicted molar refractivity (Wildman–Crippen MR) is 92.9 cm³/mol. The van der Waals surface area contributed by atoms with E-state index < -0.39 is 0 Å². The number of hydrazine groups is 1. The molecule has 0 aliphatic rings. The Morgan fingerprint density at radius 3 is 2.35 bits per heavy atom. The van der Waals surface area contributed by atoms with Crippen molar-refractivity contribution in [1.29, 1.82) is 0 Å². The summed E-state index contributed by atoms with van der Waals surface area (Å²) in [6.45, 7) is 9.92. The molecule has 0 amide bonds. The van der Waals surface area contributed by atoms with E-state index in [2.05, 4.69) is 30.4 Å². The van der Waals surface area contributed by atoms with E-state index in [-0.39, 0.29) is 11.6 Å². The molecule has 1 aromatic heterocycles. The lowest BCUT2D eigenvalue weighted by Crippen LogP contribution is -2.37. The van der Waals surface area contributed by atoms with Gasteiger partial charge in [0, 0.05) is 0 Å². The second-order valence-electron chi connectivity index (χ2n) is 5.26. The Labute approximate surface area is 136 Å². The van der Waals surface area contributed by atoms with E-state index in [9.17, 15) is 4.79 Å². The van der Waals surface area contributed by atoms with Crippen molar-refractivity contribution in [1.82, 2.24) is 14.5 Å². The predicted octanol–water partition coefficient (Wildman–Crippen LogP) is 1.93. The fourth-order valence-electron chi connectivity index (χ4n) is 2.60. The van der Waals surface area contributed by atoms with Crippen LogP contribution in [0.1, 0.15) is 30.8 Å². The Hall–Kier alpha value is -2.47. The third-order valence-corrected chi connectivity index (χ3v) is 3.74. The van der Waals surface area contributed by atoms with E-state index >= 15 is 0 Å². The van der Waals surface area contributed by atoms with Crippen LogP contribution in [0.15, 0.2) is 35.6 Å². The number of aromatic nitrogens is 3. The Kier molecular flexibility index (Phi) is 5.28. The maximum Gasteiger partial charge on any atom is 0.356 e. The Morgan fingerprint density at radius 2 is 1.87 bits per heavy atom. The molecular formula is C17H23N5O. The van der Waals surface area contributed by atoms with Crippen molar-refractivity contribution in [2.24, 2.45) is 5.84 Å². The lowest BCUT2D eigenvalue weighted by molar-refractivity contribution is 0.758. The smallest absolute Gasteiger partial charge is 0.275 e. The van der Waals surface area contributed by atoms with E-state index in [1.165, 1.54) is 5.01 Å². The van der Waals surface area contributed by atoms with Gasteiger partial charge in [0.2, 0.25) is 5.95 Å². The molecule has 2 aromatic rings. The molecule has 0 saturated heterocycles. The van der Waals surface area contributed by atoms with Crippen molar-refractivity contribution in [3.05, 3.63) is 58.3 Å². The summed E-state index contributed by atoms with van der Waals surface area (Å²) in [5, 5.41) is 1.30. The zero-order chi connectivity index (χ0) is 17.0. The van der Waals surface area contributed by atoms with Crippen LogP contribution in [0, 0.1) is 6.92 Å². The first-order chi connectivity index (χ1) is 11.0. The summed E-state index contributed by atoms with van der Waals surface area (Å²) in [6, 6.07) is 6.07. The number of nitrogens with zero attached hydrogens (tertiary/aromatic N) is 4. The minimum atomic E-state index is -0.373. The topological polar surface area (TPSA) is 77.0 Å². The van der Waals surface area contributed by atoms with Gasteiger partial charge < -0.3 is 0 Å². The molecule has 6 heteroatoms. The quantitative estimate of drug-likeness (QED) is 0.501. The van der Waals surface area contributed by atoms with Crippen LogP contribution >= 0.6 is 0 Å². The number of para-hydroxylation sites is 1. The number of anilines is 1. The maximum absolute atomic E-state index is 12.6. The van der Waals surface area contributed by atoms with Crippen LogP contribution in [-0.4, -0.2) is 21.1 Å². The van der Waals surface area contributed by atoms with Crippen LogP contribution in [0.4, 0.5) is 5.95 Å². The summed E-state index contributed by atoms with van der Waals surface area (Å²) in [5.74, 6) is 6.60. The number of nitrogens with two attached hydrogens (primary N) is 1. The minimum absolute atomic E-state index is 0.204. The first-order valence-electron chi connectivity index (χ1n) is 7.75. The van der Waals surface area contributed by atoms with E-state index in [0.717, 1.165) is 29.7 Å². The van der Waals surface area contributed by atoms with Crippen LogP contribution < -0.4 is 16.5 Å². The Balaban J connectivity index is 2.67. The van der Waals surface area contributed by atoms with Gasteiger partial charge in [-0.3, -0.25) is 5.01 Å². The van der Waals surface area contributed by atoms with Crippen molar-refractivity contribution in [3.63, 3.8) is 0 Å². The van der Waals surface area contributed by atoms with Gasteiger partial charge in [-0.05, 0) is 30.9 Å². The van der Waals surface area contributed by atoms with Crippen LogP contribution in [0.3, 0.4) is 0 Å². The average molecular weight is 313 g/mol. The van der Waals surface area contributed by atoms with E-state index in [0.29, 0.717) is 12.4 Å². The van der Waals surface area contributed by atoms with E-state index in [4.69, 9.17) is 5.84 Å². The van der Waals surface area contributed by atoms with Crippen molar-refractivity contribution >= 4 is 5.95 Å². The average Bonchev–Trinajstić information content (AvgIpc) is 2.54. The molecule has 0 fully saturated rings. The molecule has 0 unspecified atom stereocenters. The summed E-state index contributed by atoms with van der Waals surface area (Å²) in [4.78, 5) is 21.0. The van der Waals surface area contributed by atoms with Gasteiger partial charge in [-0.25, -0.2) is 15.2 Å². The molecule has 23 heavy (non-hydrogen) atoms. The first kappa shape index (κ1) is 16.9. The lowest BCUT2D eigenvalue weighted by Gasteiger charge is -2.19. The van der Waals surface area contributed by atoms with Crippen LogP contribution in [0.5, 0.6) is 0 Å². The molecule has 2 rings (SSSR count). The van der Waals surface area contributed by atoms with Gasteiger partial charge in [0.15, 0.2) is 0 Å². The Morgan fingerprint density at radius 1 is 1.26 bits per heavy atom. The lowest BCUT2D eigenvalue weighted by atomic mass is 10.0. The summed E-state index contributed by atoms with van der Waals surface area (Å²) in [7, 11) is 0. The number of aryl methyl sites for hydroxylation is 3. The second kappa shape index (κ2) is 7.19. The minimum Gasteiger partial charge on any atom is -0.275 e. The molecule has 0 bridgehead atoms. The molecule has 6 nitrogen and oxygen atoms in total. The highest BCUT2D eigenvalue weighted by atomic mass is 16.1. The van der Waals surface area contributed by atoms with Gasteiger partial charge in [-0.15, -0.1) is 6.58 Å². The van der Waals surface area contributed by atoms with Crippen LogP contribution in [0.25, 0.3) is 5.69 Å². The summed E-state index contributed by atoms with van der Waals surface area (Å²) >= 11 is 0. The van der Waals surface area contributed by atoms with Gasteiger partial charge in [0.1, 0.15) is 5.82 Å². The molecule has 0 spiro atoms. The van der Waals surface area contributed by atoms with Crippen molar-refractivity contribution in [2.45, 2.75) is 33.6 Å². The molecule has 0 aliphatic carbocycles. The molecule has 0 atom stereocenters. The standard InChI is InChI=1S/C17H23N5O/c1-5-11-21(18)16-19-12(4)22(17(23)20-16)15-13(6-2)9-8-10-14(15)7-3/h5,8-10H,1,6-7,11,18H2,2-4H3. The Bertz CT molecular complexity index is 744. The molecule has 122 valence electrons. The van der Waals surface area contributed by atoms with E-state index in [1.54, 1.807) is 17.6 Å². The number of hydrogen-bond donors (Lipinski definition) is 1. The summed E-state index contributed by atoms with van der Waals surface area (Å²) < 4.78 is 1.57. The van der Waals surface area contributed by atoms with Gasteiger partial charge in [0.25, 0.3) is 0 Å². The largest absolute Gasteiger partial charge is 0.356 e. The molecule has 0 saturated carbocycles. The number of benzene rings is 1. The van der Waals surface area contributed by atoms with Crippen LogP contribution in [-0.2, 0) is 12.8 Å². The number of rotatable bonds is 6. The zero-order valence-electron chi connectivity index (χ0n) is 13.9. The molecule has 2 N–H and O–H groups in total. The monoisotopic (exact) mass is 313 g/mol. The fourth-order valence-corrected chi connectivity index (χ4v) is 2.60. The maximum atomic E-state index is 12.6. The van der Waals surface area contributed by atoms with Gasteiger partial charge in [0.05, 0.1) is 12.2 Å². The first-order valence-corrected chi connectivity index (χ1v) is 7.75. The highest BCUT2D eigenvalue weighted by Gasteiger charge is 2.16. The highest BCUT2D eigenvalue weighted by Crippen LogP contribution is 2.21. The molecule has 0 aliphatic heterocycles. The highest BCUT2D eigenvalue weighted by molar-refractivity contribution is 5.49.